The Kier molecular flexibility index (Phi) is 6.04. The molecule has 3 aromatic rings. The summed E-state index contributed by atoms with van der Waals surface area (Å²) in [6, 6.07) is 13.4. The minimum atomic E-state index is 0.409. The van der Waals surface area contributed by atoms with Crippen molar-refractivity contribution in [3.05, 3.63) is 59.4 Å². The van der Waals surface area contributed by atoms with E-state index in [0.29, 0.717) is 43.1 Å². The van der Waals surface area contributed by atoms with Gasteiger partial charge in [-0.25, -0.2) is 9.97 Å². The van der Waals surface area contributed by atoms with E-state index in [1.54, 1.807) is 0 Å². The van der Waals surface area contributed by atoms with Crippen molar-refractivity contribution in [2.24, 2.45) is 0 Å². The first-order valence-electron chi connectivity index (χ1n) is 8.03. The standard InChI is InChI=1S/C19H19ClN2O3/c1-14-6-7-18(16(20)12-14)24-10-8-23-9-11-25-19-15-4-2-3-5-17(15)21-13-22-19/h2-7,12-13H,8-11H2,1H3. The maximum Gasteiger partial charge on any atom is 0.224 e. The molecule has 1 aromatic heterocycles. The molecule has 2 aromatic carbocycles. The molecule has 0 bridgehead atoms. The van der Waals surface area contributed by atoms with Crippen LogP contribution in [-0.4, -0.2) is 36.4 Å². The van der Waals surface area contributed by atoms with Crippen LogP contribution in [0.15, 0.2) is 48.8 Å². The molecule has 25 heavy (non-hydrogen) atoms. The van der Waals surface area contributed by atoms with Crippen molar-refractivity contribution in [1.29, 1.82) is 0 Å². The lowest BCUT2D eigenvalue weighted by atomic mass is 10.2. The first-order chi connectivity index (χ1) is 12.2. The van der Waals surface area contributed by atoms with E-state index in [-0.39, 0.29) is 0 Å². The van der Waals surface area contributed by atoms with Gasteiger partial charge < -0.3 is 14.2 Å². The Morgan fingerprint density at radius 1 is 0.920 bits per heavy atom. The zero-order chi connectivity index (χ0) is 17.5. The highest BCUT2D eigenvalue weighted by Gasteiger charge is 2.04. The van der Waals surface area contributed by atoms with Crippen molar-refractivity contribution in [2.75, 3.05) is 26.4 Å². The summed E-state index contributed by atoms with van der Waals surface area (Å²) in [7, 11) is 0. The first-order valence-corrected chi connectivity index (χ1v) is 8.41. The quantitative estimate of drug-likeness (QED) is 0.568. The smallest absolute Gasteiger partial charge is 0.224 e. The summed E-state index contributed by atoms with van der Waals surface area (Å²) in [4.78, 5) is 8.37. The zero-order valence-electron chi connectivity index (χ0n) is 13.9. The summed E-state index contributed by atoms with van der Waals surface area (Å²) in [5.74, 6) is 1.23. The van der Waals surface area contributed by atoms with Gasteiger partial charge in [-0.2, -0.15) is 0 Å². The fourth-order valence-electron chi connectivity index (χ4n) is 2.33. The van der Waals surface area contributed by atoms with Gasteiger partial charge in [0.05, 0.1) is 29.1 Å². The second-order valence-electron chi connectivity index (χ2n) is 5.44. The molecule has 0 atom stereocenters. The van der Waals surface area contributed by atoms with E-state index in [2.05, 4.69) is 9.97 Å². The topological polar surface area (TPSA) is 53.5 Å². The maximum atomic E-state index is 6.11. The van der Waals surface area contributed by atoms with E-state index in [0.717, 1.165) is 16.5 Å². The van der Waals surface area contributed by atoms with Crippen molar-refractivity contribution in [2.45, 2.75) is 6.92 Å². The highest BCUT2D eigenvalue weighted by atomic mass is 35.5. The number of para-hydroxylation sites is 1. The Hall–Kier alpha value is -2.37. The summed E-state index contributed by atoms with van der Waals surface area (Å²) in [6.07, 6.45) is 1.50. The average Bonchev–Trinajstić information content (AvgIpc) is 2.62. The van der Waals surface area contributed by atoms with Crippen LogP contribution < -0.4 is 9.47 Å². The van der Waals surface area contributed by atoms with Gasteiger partial charge in [0.1, 0.15) is 25.3 Å². The summed E-state index contributed by atoms with van der Waals surface area (Å²) in [5, 5.41) is 1.50. The predicted molar refractivity (Wildman–Crippen MR) is 97.5 cm³/mol. The van der Waals surface area contributed by atoms with Crippen molar-refractivity contribution >= 4 is 22.5 Å². The van der Waals surface area contributed by atoms with E-state index in [1.165, 1.54) is 6.33 Å². The lowest BCUT2D eigenvalue weighted by Crippen LogP contribution is -2.12. The Labute approximate surface area is 151 Å². The summed E-state index contributed by atoms with van der Waals surface area (Å²) >= 11 is 6.11. The monoisotopic (exact) mass is 358 g/mol. The molecule has 0 amide bonds. The molecule has 0 aliphatic carbocycles. The molecule has 0 aliphatic heterocycles. The number of nitrogens with zero attached hydrogens (tertiary/aromatic N) is 2. The van der Waals surface area contributed by atoms with Crippen molar-refractivity contribution in [1.82, 2.24) is 9.97 Å². The predicted octanol–water partition coefficient (Wildman–Crippen LogP) is 4.07. The molecular weight excluding hydrogens is 340 g/mol. The van der Waals surface area contributed by atoms with Crippen LogP contribution in [0.25, 0.3) is 10.9 Å². The molecule has 130 valence electrons. The second-order valence-corrected chi connectivity index (χ2v) is 5.85. The van der Waals surface area contributed by atoms with E-state index in [1.807, 2.05) is 49.4 Å². The van der Waals surface area contributed by atoms with E-state index in [9.17, 15) is 0 Å². The summed E-state index contributed by atoms with van der Waals surface area (Å²) in [5.41, 5.74) is 1.96. The van der Waals surface area contributed by atoms with Crippen molar-refractivity contribution < 1.29 is 14.2 Å². The Morgan fingerprint density at radius 2 is 1.72 bits per heavy atom. The molecule has 0 saturated heterocycles. The average molecular weight is 359 g/mol. The number of halogens is 1. The van der Waals surface area contributed by atoms with Crippen LogP contribution in [0.4, 0.5) is 0 Å². The molecule has 0 unspecified atom stereocenters. The fraction of sp³-hybridized carbons (Fsp3) is 0.263. The van der Waals surface area contributed by atoms with Crippen molar-refractivity contribution in [3.8, 4) is 11.6 Å². The van der Waals surface area contributed by atoms with Gasteiger partial charge in [0, 0.05) is 0 Å². The number of aryl methyl sites for hydroxylation is 1. The molecule has 0 fully saturated rings. The molecule has 0 saturated carbocycles. The first kappa shape index (κ1) is 17.5. The Balaban J connectivity index is 1.37. The molecule has 0 radical (unpaired) electrons. The number of benzene rings is 2. The van der Waals surface area contributed by atoms with Gasteiger partial charge in [0.2, 0.25) is 5.88 Å². The molecular formula is C19H19ClN2O3. The van der Waals surface area contributed by atoms with Gasteiger partial charge in [-0.05, 0) is 36.8 Å². The molecule has 6 heteroatoms. The molecule has 1 heterocycles. The number of ether oxygens (including phenoxy) is 3. The van der Waals surface area contributed by atoms with E-state index in [4.69, 9.17) is 25.8 Å². The van der Waals surface area contributed by atoms with Crippen LogP contribution >= 0.6 is 11.6 Å². The van der Waals surface area contributed by atoms with Crippen LogP contribution in [0.1, 0.15) is 5.56 Å². The van der Waals surface area contributed by atoms with Gasteiger partial charge in [-0.15, -0.1) is 0 Å². The largest absolute Gasteiger partial charge is 0.490 e. The van der Waals surface area contributed by atoms with Gasteiger partial charge in [0.25, 0.3) is 0 Å². The molecule has 0 spiro atoms. The van der Waals surface area contributed by atoms with Crippen LogP contribution in [0.5, 0.6) is 11.6 Å². The minimum Gasteiger partial charge on any atom is -0.490 e. The van der Waals surface area contributed by atoms with Gasteiger partial charge in [-0.3, -0.25) is 0 Å². The highest BCUT2D eigenvalue weighted by molar-refractivity contribution is 6.32. The minimum absolute atomic E-state index is 0.409. The normalized spacial score (nSPS) is 10.8. The second kappa shape index (κ2) is 8.65. The third-order valence-corrected chi connectivity index (χ3v) is 3.84. The van der Waals surface area contributed by atoms with Crippen LogP contribution in [-0.2, 0) is 4.74 Å². The number of hydrogen-bond acceptors (Lipinski definition) is 5. The third-order valence-electron chi connectivity index (χ3n) is 3.55. The van der Waals surface area contributed by atoms with Crippen LogP contribution in [0.3, 0.4) is 0 Å². The van der Waals surface area contributed by atoms with Crippen molar-refractivity contribution in [3.63, 3.8) is 0 Å². The number of aromatic nitrogens is 2. The van der Waals surface area contributed by atoms with E-state index >= 15 is 0 Å². The zero-order valence-corrected chi connectivity index (χ0v) is 14.7. The lowest BCUT2D eigenvalue weighted by Gasteiger charge is -2.10. The summed E-state index contributed by atoms with van der Waals surface area (Å²) in [6.45, 7) is 3.73. The number of rotatable bonds is 8. The molecule has 3 rings (SSSR count). The maximum absolute atomic E-state index is 6.11. The third kappa shape index (κ3) is 4.81. The van der Waals surface area contributed by atoms with Gasteiger partial charge >= 0.3 is 0 Å². The van der Waals surface area contributed by atoms with Gasteiger partial charge in [-0.1, -0.05) is 29.8 Å². The number of hydrogen-bond donors (Lipinski definition) is 0. The van der Waals surface area contributed by atoms with Gasteiger partial charge in [0.15, 0.2) is 0 Å². The van der Waals surface area contributed by atoms with Crippen LogP contribution in [0, 0.1) is 6.92 Å². The molecule has 0 aliphatic rings. The highest BCUT2D eigenvalue weighted by Crippen LogP contribution is 2.25. The lowest BCUT2D eigenvalue weighted by molar-refractivity contribution is 0.0757. The Bertz CT molecular complexity index is 837. The molecule has 5 nitrogen and oxygen atoms in total. The fourth-order valence-corrected chi connectivity index (χ4v) is 2.62. The van der Waals surface area contributed by atoms with Crippen LogP contribution in [0.2, 0.25) is 5.02 Å². The summed E-state index contributed by atoms with van der Waals surface area (Å²) < 4.78 is 16.8. The van der Waals surface area contributed by atoms with E-state index < -0.39 is 0 Å². The Morgan fingerprint density at radius 3 is 2.56 bits per heavy atom. The number of fused-ring (bicyclic) bond motifs is 1. The SMILES string of the molecule is Cc1ccc(OCCOCCOc2ncnc3ccccc23)c(Cl)c1. The molecule has 0 N–H and O–H groups in total.